The van der Waals surface area contributed by atoms with Crippen molar-refractivity contribution in [3.05, 3.63) is 60.5 Å². The Hall–Kier alpha value is -0.790. The molecule has 100 valence electrons. The van der Waals surface area contributed by atoms with Crippen LogP contribution in [0.1, 0.15) is 15.9 Å². The summed E-state index contributed by atoms with van der Waals surface area (Å²) in [5.41, 5.74) is 1.38. The maximum absolute atomic E-state index is 12.3. The normalized spacial score (nSPS) is 15.7. The van der Waals surface area contributed by atoms with Gasteiger partial charge in [0.2, 0.25) is 5.78 Å². The molecule has 3 rings (SSSR count). The quantitative estimate of drug-likeness (QED) is 0.477. The van der Waals surface area contributed by atoms with E-state index in [-0.39, 0.29) is 11.5 Å². The molecule has 0 bridgehead atoms. The summed E-state index contributed by atoms with van der Waals surface area (Å²) in [5.74, 6) is 0.214. The van der Waals surface area contributed by atoms with Crippen molar-refractivity contribution in [2.45, 2.75) is 4.90 Å². The minimum absolute atomic E-state index is 0.0139. The van der Waals surface area contributed by atoms with Crippen molar-refractivity contribution < 1.29 is 9.90 Å². The zero-order valence-electron chi connectivity index (χ0n) is 10.1. The second-order valence-corrected chi connectivity index (χ2v) is 7.42. The first kappa shape index (κ1) is 14.2. The highest BCUT2D eigenvalue weighted by atomic mass is 127. The molecule has 0 saturated heterocycles. The molecular weight excluding hydrogens is 451 g/mol. The lowest BCUT2D eigenvalue weighted by molar-refractivity contribution is 0.104. The number of fused-ring (bicyclic) bond motifs is 1. The van der Waals surface area contributed by atoms with Crippen molar-refractivity contribution in [1.82, 2.24) is 0 Å². The van der Waals surface area contributed by atoms with Gasteiger partial charge in [0.25, 0.3) is 0 Å². The van der Waals surface area contributed by atoms with Crippen LogP contribution in [0, 0.1) is 3.57 Å². The summed E-state index contributed by atoms with van der Waals surface area (Å²) in [6.07, 6.45) is 1.75. The van der Waals surface area contributed by atoms with E-state index in [0.717, 1.165) is 18.5 Å². The largest absolute Gasteiger partial charge is 0.506 e. The van der Waals surface area contributed by atoms with Crippen molar-refractivity contribution in [2.75, 3.05) is 0 Å². The van der Waals surface area contributed by atoms with Gasteiger partial charge in [-0.1, -0.05) is 39.8 Å². The van der Waals surface area contributed by atoms with Crippen LogP contribution in [0.25, 0.3) is 6.08 Å². The van der Waals surface area contributed by atoms with Crippen LogP contribution in [-0.2, 0) is 0 Å². The van der Waals surface area contributed by atoms with Gasteiger partial charge in [-0.25, -0.2) is 0 Å². The lowest BCUT2D eigenvalue weighted by atomic mass is 10.1. The molecule has 0 saturated carbocycles. The molecule has 2 nitrogen and oxygen atoms in total. The van der Waals surface area contributed by atoms with E-state index in [4.69, 9.17) is 0 Å². The van der Waals surface area contributed by atoms with Gasteiger partial charge in [-0.2, -0.15) is 0 Å². The van der Waals surface area contributed by atoms with Crippen molar-refractivity contribution in [3.8, 4) is 5.75 Å². The molecule has 0 aromatic heterocycles. The maximum Gasteiger partial charge on any atom is 0.200 e. The van der Waals surface area contributed by atoms with Gasteiger partial charge in [0, 0.05) is 20.5 Å². The van der Waals surface area contributed by atoms with E-state index in [1.165, 1.54) is 11.8 Å². The first-order valence-corrected chi connectivity index (χ1v) is 8.46. The Morgan fingerprint density at radius 3 is 2.75 bits per heavy atom. The minimum atomic E-state index is 0.0139. The molecule has 5 heteroatoms. The van der Waals surface area contributed by atoms with Crippen molar-refractivity contribution in [3.63, 3.8) is 0 Å². The van der Waals surface area contributed by atoms with E-state index in [1.807, 2.05) is 30.3 Å². The predicted octanol–water partition coefficient (Wildman–Crippen LogP) is 5.09. The van der Waals surface area contributed by atoms with Crippen LogP contribution < -0.4 is 0 Å². The standard InChI is InChI=1S/C15H8BrIO2S/c16-9-5-8(14(18)11(17)7-9)6-13-15(19)10-3-1-2-4-12(10)20-13/h1-7,18H. The van der Waals surface area contributed by atoms with Crippen LogP contribution >= 0.6 is 50.3 Å². The number of hydrogen-bond acceptors (Lipinski definition) is 3. The van der Waals surface area contributed by atoms with Crippen molar-refractivity contribution in [1.29, 1.82) is 0 Å². The molecule has 1 aliphatic heterocycles. The van der Waals surface area contributed by atoms with E-state index in [1.54, 1.807) is 12.1 Å². The van der Waals surface area contributed by atoms with E-state index < -0.39 is 0 Å². The van der Waals surface area contributed by atoms with Crippen molar-refractivity contribution >= 4 is 62.1 Å². The number of rotatable bonds is 1. The molecule has 0 fully saturated rings. The van der Waals surface area contributed by atoms with Crippen LogP contribution in [0.4, 0.5) is 0 Å². The molecule has 0 radical (unpaired) electrons. The molecule has 0 unspecified atom stereocenters. The third-order valence-electron chi connectivity index (χ3n) is 2.92. The third-order valence-corrected chi connectivity index (χ3v) is 5.30. The molecule has 0 spiro atoms. The van der Waals surface area contributed by atoms with E-state index in [9.17, 15) is 9.90 Å². The highest BCUT2D eigenvalue weighted by molar-refractivity contribution is 14.1. The van der Waals surface area contributed by atoms with Gasteiger partial charge >= 0.3 is 0 Å². The van der Waals surface area contributed by atoms with Crippen LogP contribution in [0.15, 0.2) is 50.7 Å². The number of aromatic hydroxyl groups is 1. The van der Waals surface area contributed by atoms with Gasteiger partial charge in [0.05, 0.1) is 8.48 Å². The highest BCUT2D eigenvalue weighted by Gasteiger charge is 2.25. The van der Waals surface area contributed by atoms with Gasteiger partial charge in [-0.05, 0) is 52.9 Å². The third kappa shape index (κ3) is 2.54. The fourth-order valence-corrected chi connectivity index (χ4v) is 4.57. The van der Waals surface area contributed by atoms with Crippen LogP contribution in [0.2, 0.25) is 0 Å². The number of benzene rings is 2. The van der Waals surface area contributed by atoms with Crippen molar-refractivity contribution in [2.24, 2.45) is 0 Å². The minimum Gasteiger partial charge on any atom is -0.506 e. The second-order valence-electron chi connectivity index (χ2n) is 4.26. The average molecular weight is 459 g/mol. The van der Waals surface area contributed by atoms with Crippen LogP contribution in [0.3, 0.4) is 0 Å². The summed E-state index contributed by atoms with van der Waals surface area (Å²) in [7, 11) is 0. The number of halogens is 2. The summed E-state index contributed by atoms with van der Waals surface area (Å²) in [5, 5.41) is 10.1. The Bertz CT molecular complexity index is 756. The summed E-state index contributed by atoms with van der Waals surface area (Å²) in [6, 6.07) is 11.2. The Balaban J connectivity index is 2.06. The highest BCUT2D eigenvalue weighted by Crippen LogP contribution is 2.42. The first-order chi connectivity index (χ1) is 9.56. The predicted molar refractivity (Wildman–Crippen MR) is 93.1 cm³/mol. The summed E-state index contributed by atoms with van der Waals surface area (Å²) in [6.45, 7) is 0. The number of carbonyl (C=O) groups is 1. The Morgan fingerprint density at radius 1 is 1.25 bits per heavy atom. The van der Waals surface area contributed by atoms with Gasteiger partial charge in [-0.3, -0.25) is 4.79 Å². The van der Waals surface area contributed by atoms with Crippen LogP contribution in [-0.4, -0.2) is 10.9 Å². The topological polar surface area (TPSA) is 37.3 Å². The zero-order valence-corrected chi connectivity index (χ0v) is 14.6. The second kappa shape index (κ2) is 5.54. The average Bonchev–Trinajstić information content (AvgIpc) is 2.73. The molecule has 2 aromatic rings. The van der Waals surface area contributed by atoms with E-state index in [0.29, 0.717) is 10.5 Å². The summed E-state index contributed by atoms with van der Waals surface area (Å²) < 4.78 is 1.62. The fraction of sp³-hybridized carbons (Fsp3) is 0. The number of Topliss-reactive ketones (excluding diaryl/α,β-unsaturated/α-hetero) is 1. The molecule has 2 aromatic carbocycles. The maximum atomic E-state index is 12.3. The number of hydrogen-bond donors (Lipinski definition) is 1. The number of allylic oxidation sites excluding steroid dienone is 1. The number of thioether (sulfide) groups is 1. The van der Waals surface area contributed by atoms with Gasteiger partial charge in [0.1, 0.15) is 5.75 Å². The van der Waals surface area contributed by atoms with Gasteiger partial charge in [0.15, 0.2) is 0 Å². The SMILES string of the molecule is O=C1C(=Cc2cc(Br)cc(I)c2O)Sc2ccccc21. The Kier molecular flexibility index (Phi) is 3.92. The molecule has 0 aliphatic carbocycles. The number of phenolic OH excluding ortho intramolecular Hbond substituents is 1. The molecular formula is C15H8BrIO2S. The monoisotopic (exact) mass is 458 g/mol. The van der Waals surface area contributed by atoms with E-state index >= 15 is 0 Å². The van der Waals surface area contributed by atoms with E-state index in [2.05, 4.69) is 38.5 Å². The summed E-state index contributed by atoms with van der Waals surface area (Å²) in [4.78, 5) is 13.9. The Morgan fingerprint density at radius 2 is 2.00 bits per heavy atom. The summed E-state index contributed by atoms with van der Waals surface area (Å²) >= 11 is 6.91. The molecule has 0 atom stereocenters. The zero-order chi connectivity index (χ0) is 14.3. The van der Waals surface area contributed by atoms with Gasteiger partial charge < -0.3 is 5.11 Å². The molecule has 1 heterocycles. The molecule has 1 N–H and O–H groups in total. The lowest BCUT2D eigenvalue weighted by Crippen LogP contribution is -1.93. The smallest absolute Gasteiger partial charge is 0.200 e. The fourth-order valence-electron chi connectivity index (χ4n) is 1.97. The molecule has 20 heavy (non-hydrogen) atoms. The number of carbonyl (C=O) groups excluding carboxylic acids is 1. The van der Waals surface area contributed by atoms with Gasteiger partial charge in [-0.15, -0.1) is 0 Å². The number of ketones is 1. The van der Waals surface area contributed by atoms with Crippen LogP contribution in [0.5, 0.6) is 5.75 Å². The molecule has 1 aliphatic rings. The number of phenols is 1. The molecule has 0 amide bonds. The Labute approximate surface area is 142 Å². The first-order valence-electron chi connectivity index (χ1n) is 5.77. The lowest BCUT2D eigenvalue weighted by Gasteiger charge is -2.04.